The topological polar surface area (TPSA) is 87.6 Å². The van der Waals surface area contributed by atoms with Gasteiger partial charge in [-0.25, -0.2) is 4.68 Å². The molecule has 3 aromatic rings. The molecule has 0 spiro atoms. The third kappa shape index (κ3) is 3.94. The van der Waals surface area contributed by atoms with Crippen molar-refractivity contribution in [2.45, 2.75) is 13.0 Å². The monoisotopic (exact) mass is 408 g/mol. The van der Waals surface area contributed by atoms with Crippen LogP contribution in [-0.4, -0.2) is 53.9 Å². The summed E-state index contributed by atoms with van der Waals surface area (Å²) in [5.74, 6) is 0.792. The number of aromatic amines is 1. The van der Waals surface area contributed by atoms with Crippen molar-refractivity contribution in [2.75, 3.05) is 38.2 Å². The minimum atomic E-state index is -0.328. The van der Waals surface area contributed by atoms with Crippen molar-refractivity contribution < 1.29 is 9.53 Å². The number of fused-ring (bicyclic) bond motifs is 1. The normalized spacial score (nSPS) is 14.2. The van der Waals surface area contributed by atoms with Gasteiger partial charge in [0.05, 0.1) is 24.4 Å². The molecule has 0 atom stereocenters. The zero-order chi connectivity index (χ0) is 21.1. The molecule has 1 fully saturated rings. The van der Waals surface area contributed by atoms with Crippen LogP contribution < -0.4 is 20.8 Å². The first-order valence-electron chi connectivity index (χ1n) is 9.95. The fourth-order valence-corrected chi connectivity index (χ4v) is 3.78. The lowest BCUT2D eigenvalue weighted by molar-refractivity contribution is -0.131. The average Bonchev–Trinajstić information content (AvgIpc) is 2.80. The van der Waals surface area contributed by atoms with Gasteiger partial charge in [0, 0.05) is 38.3 Å². The van der Waals surface area contributed by atoms with Crippen molar-refractivity contribution in [1.29, 1.82) is 0 Å². The Hall–Kier alpha value is -3.55. The summed E-state index contributed by atoms with van der Waals surface area (Å²) in [6, 6.07) is 14.6. The van der Waals surface area contributed by atoms with E-state index in [0.717, 1.165) is 24.5 Å². The molecule has 1 saturated heterocycles. The van der Waals surface area contributed by atoms with Crippen LogP contribution in [0.4, 0.5) is 5.69 Å². The van der Waals surface area contributed by atoms with Gasteiger partial charge >= 0.3 is 0 Å². The number of hydrogen-bond donors (Lipinski definition) is 1. The Kier molecular flexibility index (Phi) is 5.56. The average molecular weight is 408 g/mol. The number of anilines is 1. The molecule has 156 valence electrons. The van der Waals surface area contributed by atoms with Crippen LogP contribution in [0.3, 0.4) is 0 Å². The molecular weight excluding hydrogens is 384 g/mol. The molecule has 0 saturated carbocycles. The first-order valence-corrected chi connectivity index (χ1v) is 9.95. The van der Waals surface area contributed by atoms with Gasteiger partial charge in [-0.2, -0.15) is 0 Å². The highest BCUT2D eigenvalue weighted by atomic mass is 16.5. The fourth-order valence-electron chi connectivity index (χ4n) is 3.78. The van der Waals surface area contributed by atoms with Crippen LogP contribution in [0.5, 0.6) is 5.75 Å². The number of nitrogens with one attached hydrogen (secondary N) is 1. The summed E-state index contributed by atoms with van der Waals surface area (Å²) in [7, 11) is 1.64. The van der Waals surface area contributed by atoms with Crippen molar-refractivity contribution in [2.24, 2.45) is 0 Å². The molecule has 0 aliphatic carbocycles. The molecule has 2 aromatic carbocycles. The van der Waals surface area contributed by atoms with E-state index in [1.807, 2.05) is 29.2 Å². The number of hydrogen-bond acceptors (Lipinski definition) is 5. The molecule has 1 N–H and O–H groups in total. The fraction of sp³-hybridized carbons (Fsp3) is 0.318. The quantitative estimate of drug-likeness (QED) is 0.690. The van der Waals surface area contributed by atoms with Gasteiger partial charge in [0.2, 0.25) is 5.91 Å². The summed E-state index contributed by atoms with van der Waals surface area (Å²) >= 11 is 0. The number of carbonyl (C=O) groups is 1. The van der Waals surface area contributed by atoms with E-state index in [0.29, 0.717) is 23.9 Å². The maximum absolute atomic E-state index is 12.6. The van der Waals surface area contributed by atoms with E-state index >= 15 is 0 Å². The Morgan fingerprint density at radius 1 is 0.967 bits per heavy atom. The molecule has 0 radical (unpaired) electrons. The third-order valence-corrected chi connectivity index (χ3v) is 5.50. The lowest BCUT2D eigenvalue weighted by atomic mass is 10.2. The molecule has 8 heteroatoms. The number of methoxy groups -OCH3 is 1. The second kappa shape index (κ2) is 8.44. The number of piperazine rings is 1. The van der Waals surface area contributed by atoms with Gasteiger partial charge in [-0.1, -0.05) is 12.1 Å². The maximum atomic E-state index is 12.6. The SMILES string of the molecule is COc1ccc(N2CCN(C(=O)CCn3[nH]c(=O)c4ccccc4c3=O)CC2)cc1. The molecule has 0 unspecified atom stereocenters. The molecule has 0 bridgehead atoms. The Morgan fingerprint density at radius 2 is 1.63 bits per heavy atom. The van der Waals surface area contributed by atoms with Gasteiger partial charge in [-0.3, -0.25) is 19.5 Å². The largest absolute Gasteiger partial charge is 0.497 e. The van der Waals surface area contributed by atoms with Crippen molar-refractivity contribution in [3.63, 3.8) is 0 Å². The Labute approximate surface area is 173 Å². The predicted octanol–water partition coefficient (Wildman–Crippen LogP) is 1.44. The summed E-state index contributed by atoms with van der Waals surface area (Å²) in [6.45, 7) is 2.87. The van der Waals surface area contributed by atoms with Crippen LogP contribution in [-0.2, 0) is 11.3 Å². The Balaban J connectivity index is 1.36. The summed E-state index contributed by atoms with van der Waals surface area (Å²) in [6.07, 6.45) is 0.163. The Morgan fingerprint density at radius 3 is 2.30 bits per heavy atom. The number of nitrogens with zero attached hydrogens (tertiary/aromatic N) is 3. The predicted molar refractivity (Wildman–Crippen MR) is 115 cm³/mol. The van der Waals surface area contributed by atoms with E-state index in [1.165, 1.54) is 4.68 Å². The van der Waals surface area contributed by atoms with Gasteiger partial charge in [0.25, 0.3) is 11.1 Å². The maximum Gasteiger partial charge on any atom is 0.273 e. The third-order valence-electron chi connectivity index (χ3n) is 5.50. The zero-order valence-electron chi connectivity index (χ0n) is 16.8. The van der Waals surface area contributed by atoms with Crippen molar-refractivity contribution in [3.05, 3.63) is 69.2 Å². The molecule has 30 heavy (non-hydrogen) atoms. The summed E-state index contributed by atoms with van der Waals surface area (Å²) in [5, 5.41) is 3.30. The molecule has 1 aromatic heterocycles. The molecule has 8 nitrogen and oxygen atoms in total. The highest BCUT2D eigenvalue weighted by Gasteiger charge is 2.21. The number of amides is 1. The number of aryl methyl sites for hydroxylation is 1. The number of benzene rings is 2. The molecule has 1 aliphatic rings. The van der Waals surface area contributed by atoms with Gasteiger partial charge in [0.1, 0.15) is 5.75 Å². The first kappa shape index (κ1) is 19.8. The van der Waals surface area contributed by atoms with Gasteiger partial charge in [0.15, 0.2) is 0 Å². The Bertz CT molecular complexity index is 1160. The van der Waals surface area contributed by atoms with Crippen molar-refractivity contribution in [1.82, 2.24) is 14.7 Å². The van der Waals surface area contributed by atoms with Gasteiger partial charge in [-0.15, -0.1) is 0 Å². The van der Waals surface area contributed by atoms with Crippen LogP contribution >= 0.6 is 0 Å². The van der Waals surface area contributed by atoms with Crippen LogP contribution in [0.2, 0.25) is 0 Å². The number of H-pyrrole nitrogens is 1. The van der Waals surface area contributed by atoms with Crippen LogP contribution in [0.15, 0.2) is 58.1 Å². The van der Waals surface area contributed by atoms with Crippen LogP contribution in [0, 0.1) is 0 Å². The molecule has 1 aliphatic heterocycles. The standard InChI is InChI=1S/C22H24N4O4/c1-30-17-8-6-16(7-9-17)24-12-14-25(15-13-24)20(27)10-11-26-22(29)19-5-3-2-4-18(19)21(28)23-26/h2-9H,10-15H2,1H3,(H,23,28). The number of rotatable bonds is 5. The van der Waals surface area contributed by atoms with Crippen molar-refractivity contribution >= 4 is 22.4 Å². The minimum absolute atomic E-state index is 0.0229. The number of ether oxygens (including phenoxy) is 1. The lowest BCUT2D eigenvalue weighted by Crippen LogP contribution is -2.49. The van der Waals surface area contributed by atoms with Gasteiger partial charge in [-0.05, 0) is 36.4 Å². The van der Waals surface area contributed by atoms with Crippen LogP contribution in [0.25, 0.3) is 10.8 Å². The number of carbonyl (C=O) groups excluding carboxylic acids is 1. The number of aromatic nitrogens is 2. The summed E-state index contributed by atoms with van der Waals surface area (Å²) in [4.78, 5) is 41.4. The van der Waals surface area contributed by atoms with E-state index in [9.17, 15) is 14.4 Å². The molecule has 1 amide bonds. The smallest absolute Gasteiger partial charge is 0.273 e. The van der Waals surface area contributed by atoms with E-state index in [1.54, 1.807) is 31.4 Å². The second-order valence-corrected chi connectivity index (χ2v) is 7.26. The highest BCUT2D eigenvalue weighted by molar-refractivity contribution is 5.80. The minimum Gasteiger partial charge on any atom is -0.497 e. The lowest BCUT2D eigenvalue weighted by Gasteiger charge is -2.36. The highest BCUT2D eigenvalue weighted by Crippen LogP contribution is 2.20. The zero-order valence-corrected chi connectivity index (χ0v) is 16.8. The molecular formula is C22H24N4O4. The summed E-state index contributed by atoms with van der Waals surface area (Å²) < 4.78 is 6.42. The van der Waals surface area contributed by atoms with Crippen LogP contribution in [0.1, 0.15) is 6.42 Å². The second-order valence-electron chi connectivity index (χ2n) is 7.26. The van der Waals surface area contributed by atoms with E-state index in [2.05, 4.69) is 10.00 Å². The molecule has 4 rings (SSSR count). The summed E-state index contributed by atoms with van der Waals surface area (Å²) in [5.41, 5.74) is 0.483. The molecule has 2 heterocycles. The van der Waals surface area contributed by atoms with E-state index in [-0.39, 0.29) is 30.0 Å². The first-order chi connectivity index (χ1) is 14.6. The van der Waals surface area contributed by atoms with Gasteiger partial charge < -0.3 is 14.5 Å². The van der Waals surface area contributed by atoms with Crippen molar-refractivity contribution in [3.8, 4) is 5.75 Å². The van der Waals surface area contributed by atoms with E-state index < -0.39 is 0 Å². The van der Waals surface area contributed by atoms with E-state index in [4.69, 9.17) is 4.74 Å².